The molecule has 1 fully saturated rings. The Bertz CT molecular complexity index is 1190. The molecule has 7 unspecified atom stereocenters. The zero-order valence-electron chi connectivity index (χ0n) is 34.6. The highest BCUT2D eigenvalue weighted by molar-refractivity contribution is 5.76. The minimum Gasteiger partial charge on any atom is -0.394 e. The second kappa shape index (κ2) is 36.5. The van der Waals surface area contributed by atoms with E-state index >= 15 is 0 Å². The molecule has 0 aromatic heterocycles. The average molecular weight is 784 g/mol. The third-order valence-corrected chi connectivity index (χ3v) is 9.39. The van der Waals surface area contributed by atoms with Crippen LogP contribution < -0.4 is 5.32 Å². The van der Waals surface area contributed by atoms with E-state index < -0.39 is 49.5 Å². The molecule has 7 atom stereocenters. The van der Waals surface area contributed by atoms with Gasteiger partial charge in [-0.1, -0.05) is 143 Å². The van der Waals surface area contributed by atoms with Gasteiger partial charge in [0.25, 0.3) is 0 Å². The van der Waals surface area contributed by atoms with Crippen LogP contribution >= 0.6 is 0 Å². The molecule has 0 radical (unpaired) electrons. The molecule has 9 heteroatoms. The van der Waals surface area contributed by atoms with E-state index in [4.69, 9.17) is 9.47 Å². The number of rotatable bonds is 33. The number of aliphatic hydroxyl groups excluding tert-OH is 5. The normalized spacial score (nSPS) is 22.2. The molecule has 0 aliphatic carbocycles. The van der Waals surface area contributed by atoms with E-state index in [2.05, 4.69) is 104 Å². The summed E-state index contributed by atoms with van der Waals surface area (Å²) in [6.45, 7) is 3.55. The van der Waals surface area contributed by atoms with Gasteiger partial charge in [-0.05, 0) is 83.5 Å². The Labute approximate surface area is 339 Å². The van der Waals surface area contributed by atoms with Crippen LogP contribution in [0.2, 0.25) is 0 Å². The van der Waals surface area contributed by atoms with Crippen LogP contribution in [0.4, 0.5) is 0 Å². The molecule has 0 aromatic rings. The molecule has 9 nitrogen and oxygen atoms in total. The average Bonchev–Trinajstić information content (AvgIpc) is 3.20. The van der Waals surface area contributed by atoms with Gasteiger partial charge in [-0.3, -0.25) is 4.79 Å². The molecule has 1 amide bonds. The lowest BCUT2D eigenvalue weighted by Gasteiger charge is -2.40. The highest BCUT2D eigenvalue weighted by Gasteiger charge is 2.44. The van der Waals surface area contributed by atoms with Crippen LogP contribution in [-0.4, -0.2) is 87.5 Å². The molecule has 6 N–H and O–H groups in total. The maximum atomic E-state index is 12.9. The Morgan fingerprint density at radius 3 is 1.70 bits per heavy atom. The lowest BCUT2D eigenvalue weighted by Crippen LogP contribution is -2.60. The van der Waals surface area contributed by atoms with Crippen molar-refractivity contribution < 1.29 is 39.8 Å². The fourth-order valence-corrected chi connectivity index (χ4v) is 5.94. The first kappa shape index (κ1) is 51.1. The first-order chi connectivity index (χ1) is 27.3. The highest BCUT2D eigenvalue weighted by atomic mass is 16.7. The van der Waals surface area contributed by atoms with Crippen molar-refractivity contribution in [2.75, 3.05) is 13.2 Å². The maximum absolute atomic E-state index is 12.9. The summed E-state index contributed by atoms with van der Waals surface area (Å²) in [5.74, 6) is -0.220. The highest BCUT2D eigenvalue weighted by Crippen LogP contribution is 2.22. The molecule has 1 rings (SSSR count). The van der Waals surface area contributed by atoms with Crippen molar-refractivity contribution in [3.8, 4) is 0 Å². The Morgan fingerprint density at radius 2 is 1.12 bits per heavy atom. The van der Waals surface area contributed by atoms with Crippen LogP contribution in [0.25, 0.3) is 0 Å². The monoisotopic (exact) mass is 784 g/mol. The summed E-state index contributed by atoms with van der Waals surface area (Å²) in [6, 6.07) is -0.840. The van der Waals surface area contributed by atoms with Gasteiger partial charge in [0, 0.05) is 6.42 Å². The number of hydrogen-bond donors (Lipinski definition) is 6. The third-order valence-electron chi connectivity index (χ3n) is 9.39. The van der Waals surface area contributed by atoms with Crippen molar-refractivity contribution >= 4 is 5.91 Å². The topological polar surface area (TPSA) is 149 Å². The van der Waals surface area contributed by atoms with Crippen molar-refractivity contribution in [1.82, 2.24) is 5.32 Å². The van der Waals surface area contributed by atoms with Crippen molar-refractivity contribution in [2.45, 2.75) is 179 Å². The van der Waals surface area contributed by atoms with Gasteiger partial charge in [0.1, 0.15) is 24.4 Å². The standard InChI is InChI=1S/C47H77NO8/c1-3-5-7-9-11-13-15-16-17-18-19-20-21-22-23-24-25-26-27-29-31-33-35-37-43(51)48-40(39-55-47-46(54)45(53)44(52)42(38-49)56-47)41(50)36-34-32-30-28-14-12-10-8-6-4-2/h5,7,11,13-14,16-17,19-20,22-23,25-26,28,34,36,40-42,44-47,49-50,52-54H,3-4,6,8-10,12,15,18,21,24,27,29-33,35,37-39H2,1-2H3,(H,48,51)/b7-5-,13-11-,17-16-,20-19-,23-22-,26-25-,28-14+,36-34+. The maximum Gasteiger partial charge on any atom is 0.220 e. The minimum absolute atomic E-state index is 0.219. The second-order valence-electron chi connectivity index (χ2n) is 14.4. The van der Waals surface area contributed by atoms with Crippen molar-refractivity contribution in [2.24, 2.45) is 0 Å². The summed E-state index contributed by atoms with van der Waals surface area (Å²) in [5.41, 5.74) is 0. The Hall–Kier alpha value is -2.89. The second-order valence-corrected chi connectivity index (χ2v) is 14.4. The molecule has 0 spiro atoms. The molecule has 56 heavy (non-hydrogen) atoms. The number of hydrogen-bond acceptors (Lipinski definition) is 8. The van der Waals surface area contributed by atoms with E-state index in [1.807, 2.05) is 6.08 Å². The lowest BCUT2D eigenvalue weighted by atomic mass is 9.99. The molecule has 0 bridgehead atoms. The largest absolute Gasteiger partial charge is 0.394 e. The van der Waals surface area contributed by atoms with Gasteiger partial charge >= 0.3 is 0 Å². The van der Waals surface area contributed by atoms with Crippen LogP contribution in [0.15, 0.2) is 97.2 Å². The molecular formula is C47H77NO8. The fourth-order valence-electron chi connectivity index (χ4n) is 5.94. The SMILES string of the molecule is CC/C=C\C/C=C\C/C=C\C/C=C\C/C=C\C/C=C\CCCCCCC(=O)NC(COC1OC(CO)C(O)C(O)C1O)C(O)/C=C/CC/C=C/CCCCCC. The van der Waals surface area contributed by atoms with E-state index in [1.165, 1.54) is 25.7 Å². The molecule has 1 heterocycles. The van der Waals surface area contributed by atoms with E-state index in [9.17, 15) is 30.3 Å². The van der Waals surface area contributed by atoms with Crippen LogP contribution in [0, 0.1) is 0 Å². The van der Waals surface area contributed by atoms with Gasteiger partial charge in [0.2, 0.25) is 5.91 Å². The molecule has 0 aromatic carbocycles. The molecule has 1 aliphatic rings. The van der Waals surface area contributed by atoms with Crippen LogP contribution in [0.1, 0.15) is 136 Å². The fraction of sp³-hybridized carbons (Fsp3) is 0.638. The number of carbonyl (C=O) groups is 1. The number of ether oxygens (including phenoxy) is 2. The first-order valence-corrected chi connectivity index (χ1v) is 21.5. The summed E-state index contributed by atoms with van der Waals surface area (Å²) in [7, 11) is 0. The van der Waals surface area contributed by atoms with Crippen molar-refractivity contribution in [1.29, 1.82) is 0 Å². The van der Waals surface area contributed by atoms with E-state index in [0.717, 1.165) is 83.5 Å². The number of allylic oxidation sites excluding steroid dienone is 15. The minimum atomic E-state index is -1.58. The van der Waals surface area contributed by atoms with E-state index in [0.29, 0.717) is 12.8 Å². The van der Waals surface area contributed by atoms with Crippen LogP contribution in [0.3, 0.4) is 0 Å². The number of carbonyl (C=O) groups excluding carboxylic acids is 1. The number of unbranched alkanes of at least 4 members (excludes halogenated alkanes) is 9. The van der Waals surface area contributed by atoms with Gasteiger partial charge in [-0.25, -0.2) is 0 Å². The van der Waals surface area contributed by atoms with Gasteiger partial charge < -0.3 is 40.3 Å². The molecule has 0 saturated carbocycles. The molecule has 318 valence electrons. The quantitative estimate of drug-likeness (QED) is 0.0287. The Kier molecular flexibility index (Phi) is 33.3. The number of amides is 1. The Balaban J connectivity index is 2.38. The molecule has 1 saturated heterocycles. The molecule has 1 aliphatic heterocycles. The summed E-state index contributed by atoms with van der Waals surface area (Å²) in [6.07, 6.45) is 44.5. The van der Waals surface area contributed by atoms with Gasteiger partial charge in [0.15, 0.2) is 6.29 Å². The van der Waals surface area contributed by atoms with Gasteiger partial charge in [-0.15, -0.1) is 0 Å². The van der Waals surface area contributed by atoms with Crippen LogP contribution in [0.5, 0.6) is 0 Å². The van der Waals surface area contributed by atoms with E-state index in [1.54, 1.807) is 6.08 Å². The zero-order chi connectivity index (χ0) is 40.9. The van der Waals surface area contributed by atoms with Gasteiger partial charge in [-0.2, -0.15) is 0 Å². The first-order valence-electron chi connectivity index (χ1n) is 21.5. The van der Waals surface area contributed by atoms with Gasteiger partial charge in [0.05, 0.1) is 25.4 Å². The summed E-state index contributed by atoms with van der Waals surface area (Å²) >= 11 is 0. The lowest BCUT2D eigenvalue weighted by molar-refractivity contribution is -0.302. The summed E-state index contributed by atoms with van der Waals surface area (Å²) in [5, 5.41) is 53.9. The predicted octanol–water partition coefficient (Wildman–Crippen LogP) is 8.55. The van der Waals surface area contributed by atoms with Crippen LogP contribution in [-0.2, 0) is 14.3 Å². The smallest absolute Gasteiger partial charge is 0.220 e. The number of nitrogens with one attached hydrogen (secondary N) is 1. The van der Waals surface area contributed by atoms with Crippen molar-refractivity contribution in [3.63, 3.8) is 0 Å². The number of aliphatic hydroxyl groups is 5. The predicted molar refractivity (Wildman–Crippen MR) is 230 cm³/mol. The van der Waals surface area contributed by atoms with Crippen molar-refractivity contribution in [3.05, 3.63) is 97.2 Å². The summed E-state index contributed by atoms with van der Waals surface area (Å²) in [4.78, 5) is 12.9. The third kappa shape index (κ3) is 26.9. The summed E-state index contributed by atoms with van der Waals surface area (Å²) < 4.78 is 11.1. The van der Waals surface area contributed by atoms with E-state index in [-0.39, 0.29) is 12.5 Å². The molecular weight excluding hydrogens is 707 g/mol. The Morgan fingerprint density at radius 1 is 0.625 bits per heavy atom. The zero-order valence-corrected chi connectivity index (χ0v) is 34.6.